The summed E-state index contributed by atoms with van der Waals surface area (Å²) in [4.78, 5) is 16.6. The van der Waals surface area contributed by atoms with Gasteiger partial charge in [-0.05, 0) is 33.2 Å². The van der Waals surface area contributed by atoms with Crippen molar-refractivity contribution in [1.82, 2.24) is 15.1 Å². The van der Waals surface area contributed by atoms with Crippen LogP contribution in [0.4, 0.5) is 0 Å². The minimum Gasteiger partial charge on any atom is -0.368 e. The molecule has 0 aliphatic carbocycles. The van der Waals surface area contributed by atoms with Gasteiger partial charge in [0, 0.05) is 38.8 Å². The number of primary amides is 1. The van der Waals surface area contributed by atoms with Crippen LogP contribution in [-0.2, 0) is 4.79 Å². The third kappa shape index (κ3) is 4.72. The Morgan fingerprint density at radius 3 is 2.35 bits per heavy atom. The van der Waals surface area contributed by atoms with Crippen molar-refractivity contribution in [2.24, 2.45) is 5.73 Å². The van der Waals surface area contributed by atoms with Crippen molar-refractivity contribution in [2.45, 2.75) is 52.1 Å². The van der Waals surface area contributed by atoms with Gasteiger partial charge in [0.1, 0.15) is 0 Å². The Morgan fingerprint density at radius 2 is 1.90 bits per heavy atom. The Bertz CT molecular complexity index is 302. The second-order valence-corrected chi connectivity index (χ2v) is 6.11. The number of likely N-dealkylation sites (N-methyl/N-ethyl adjacent to an activating group) is 1. The van der Waals surface area contributed by atoms with Crippen LogP contribution in [0.3, 0.4) is 0 Å². The van der Waals surface area contributed by atoms with E-state index in [4.69, 9.17) is 5.73 Å². The van der Waals surface area contributed by atoms with Gasteiger partial charge in [-0.15, -0.1) is 0 Å². The normalized spacial score (nSPS) is 22.4. The van der Waals surface area contributed by atoms with Crippen LogP contribution in [0.5, 0.6) is 0 Å². The first-order valence-electron chi connectivity index (χ1n) is 7.94. The highest BCUT2D eigenvalue weighted by atomic mass is 16.1. The molecule has 0 spiro atoms. The number of nitrogens with two attached hydrogens (primary N) is 1. The third-order valence-electron chi connectivity index (χ3n) is 4.66. The van der Waals surface area contributed by atoms with Gasteiger partial charge in [-0.1, -0.05) is 13.8 Å². The van der Waals surface area contributed by atoms with E-state index in [0.29, 0.717) is 6.04 Å². The number of rotatable bonds is 8. The van der Waals surface area contributed by atoms with Gasteiger partial charge in [-0.25, -0.2) is 0 Å². The second-order valence-electron chi connectivity index (χ2n) is 6.11. The average Bonchev–Trinajstić information content (AvgIpc) is 2.45. The molecule has 0 saturated carbocycles. The zero-order chi connectivity index (χ0) is 15.2. The fourth-order valence-corrected chi connectivity index (χ4v) is 2.76. The molecule has 1 heterocycles. The molecular formula is C15H32N4O. The molecule has 0 aromatic heterocycles. The molecule has 1 aliphatic heterocycles. The maximum absolute atomic E-state index is 11.6. The molecule has 2 atom stereocenters. The summed E-state index contributed by atoms with van der Waals surface area (Å²) in [6.07, 6.45) is 1.99. The lowest BCUT2D eigenvalue weighted by Gasteiger charge is -2.39. The highest BCUT2D eigenvalue weighted by Gasteiger charge is 2.30. The Balaban J connectivity index is 2.38. The highest BCUT2D eigenvalue weighted by molar-refractivity contribution is 5.84. The molecule has 5 nitrogen and oxygen atoms in total. The molecule has 0 aromatic rings. The summed E-state index contributed by atoms with van der Waals surface area (Å²) in [5.74, 6) is -0.252. The van der Waals surface area contributed by atoms with Gasteiger partial charge in [-0.3, -0.25) is 9.69 Å². The monoisotopic (exact) mass is 284 g/mol. The molecule has 1 fully saturated rings. The van der Waals surface area contributed by atoms with Gasteiger partial charge in [0.05, 0.1) is 5.54 Å². The van der Waals surface area contributed by atoms with E-state index in [2.05, 4.69) is 29.0 Å². The highest BCUT2D eigenvalue weighted by Crippen LogP contribution is 2.13. The topological polar surface area (TPSA) is 61.6 Å². The van der Waals surface area contributed by atoms with E-state index in [0.717, 1.165) is 45.7 Å². The van der Waals surface area contributed by atoms with Gasteiger partial charge in [-0.2, -0.15) is 0 Å². The van der Waals surface area contributed by atoms with Gasteiger partial charge in [0.2, 0.25) is 5.91 Å². The average molecular weight is 284 g/mol. The first-order valence-corrected chi connectivity index (χ1v) is 7.94. The third-order valence-corrected chi connectivity index (χ3v) is 4.66. The number of amides is 1. The first-order chi connectivity index (χ1) is 9.42. The van der Waals surface area contributed by atoms with Crippen molar-refractivity contribution in [3.63, 3.8) is 0 Å². The first kappa shape index (κ1) is 17.4. The van der Waals surface area contributed by atoms with E-state index >= 15 is 0 Å². The molecule has 1 aliphatic rings. The zero-order valence-electron chi connectivity index (χ0n) is 13.6. The number of hydrogen-bond donors (Lipinski definition) is 2. The van der Waals surface area contributed by atoms with Crippen LogP contribution in [0.1, 0.15) is 40.5 Å². The summed E-state index contributed by atoms with van der Waals surface area (Å²) in [5, 5.41) is 3.22. The summed E-state index contributed by atoms with van der Waals surface area (Å²) in [5.41, 5.74) is 4.94. The Labute approximate surface area is 123 Å². The lowest BCUT2D eigenvalue weighted by Crippen LogP contribution is -2.56. The van der Waals surface area contributed by atoms with Crippen molar-refractivity contribution in [3.05, 3.63) is 0 Å². The molecule has 5 heteroatoms. The van der Waals surface area contributed by atoms with Crippen LogP contribution in [0, 0.1) is 0 Å². The number of carbonyl (C=O) groups is 1. The van der Waals surface area contributed by atoms with Crippen LogP contribution in [0.2, 0.25) is 0 Å². The van der Waals surface area contributed by atoms with Gasteiger partial charge in [0.25, 0.3) is 0 Å². The van der Waals surface area contributed by atoms with Crippen LogP contribution >= 0.6 is 0 Å². The van der Waals surface area contributed by atoms with E-state index in [1.807, 2.05) is 13.8 Å². The van der Waals surface area contributed by atoms with Crippen molar-refractivity contribution in [3.8, 4) is 0 Å². The van der Waals surface area contributed by atoms with Crippen LogP contribution < -0.4 is 11.1 Å². The quantitative estimate of drug-likeness (QED) is 0.687. The predicted molar refractivity (Wildman–Crippen MR) is 83.7 cm³/mol. The van der Waals surface area contributed by atoms with E-state index in [-0.39, 0.29) is 5.91 Å². The Kier molecular flexibility index (Phi) is 6.92. The van der Waals surface area contributed by atoms with E-state index < -0.39 is 5.54 Å². The van der Waals surface area contributed by atoms with Crippen molar-refractivity contribution < 1.29 is 4.79 Å². The van der Waals surface area contributed by atoms with E-state index in [1.54, 1.807) is 0 Å². The van der Waals surface area contributed by atoms with Crippen molar-refractivity contribution >= 4 is 5.91 Å². The summed E-state index contributed by atoms with van der Waals surface area (Å²) in [7, 11) is 0. The number of nitrogens with one attached hydrogen (secondary N) is 1. The fraction of sp³-hybridized carbons (Fsp3) is 0.933. The molecule has 2 unspecified atom stereocenters. The van der Waals surface area contributed by atoms with Crippen LogP contribution in [0.25, 0.3) is 0 Å². The minimum atomic E-state index is -0.581. The Hall–Kier alpha value is -0.650. The molecular weight excluding hydrogens is 252 g/mol. The maximum atomic E-state index is 11.6. The molecule has 1 amide bonds. The molecule has 20 heavy (non-hydrogen) atoms. The molecule has 0 radical (unpaired) electrons. The van der Waals surface area contributed by atoms with Crippen molar-refractivity contribution in [1.29, 1.82) is 0 Å². The minimum absolute atomic E-state index is 0.252. The summed E-state index contributed by atoms with van der Waals surface area (Å²) >= 11 is 0. The number of hydrogen-bond acceptors (Lipinski definition) is 4. The SMILES string of the molecule is CCNC(C)(CCN1CCN(C(C)CC)CC1)C(N)=O. The molecule has 0 bridgehead atoms. The smallest absolute Gasteiger partial charge is 0.237 e. The summed E-state index contributed by atoms with van der Waals surface area (Å²) in [6.45, 7) is 14.6. The van der Waals surface area contributed by atoms with Crippen molar-refractivity contribution in [2.75, 3.05) is 39.3 Å². The van der Waals surface area contributed by atoms with E-state index in [9.17, 15) is 4.79 Å². The summed E-state index contributed by atoms with van der Waals surface area (Å²) in [6, 6.07) is 0.676. The zero-order valence-corrected chi connectivity index (χ0v) is 13.6. The molecule has 118 valence electrons. The number of piperazine rings is 1. The number of nitrogens with zero attached hydrogens (tertiary/aromatic N) is 2. The Morgan fingerprint density at radius 1 is 1.30 bits per heavy atom. The fourth-order valence-electron chi connectivity index (χ4n) is 2.76. The molecule has 1 saturated heterocycles. The molecule has 3 N–H and O–H groups in total. The summed E-state index contributed by atoms with van der Waals surface area (Å²) < 4.78 is 0. The predicted octanol–water partition coefficient (Wildman–Crippen LogP) is 0.646. The van der Waals surface area contributed by atoms with Gasteiger partial charge < -0.3 is 16.0 Å². The lowest BCUT2D eigenvalue weighted by atomic mass is 9.96. The lowest BCUT2D eigenvalue weighted by molar-refractivity contribution is -0.124. The maximum Gasteiger partial charge on any atom is 0.237 e. The molecule has 0 aromatic carbocycles. The molecule has 1 rings (SSSR count). The van der Waals surface area contributed by atoms with Crippen LogP contribution in [-0.4, -0.2) is 66.6 Å². The standard InChI is InChI=1S/C15H32N4O/c1-5-13(3)19-11-9-18(10-12-19)8-7-15(4,14(16)20)17-6-2/h13,17H,5-12H2,1-4H3,(H2,16,20). The van der Waals surface area contributed by atoms with Gasteiger partial charge in [0.15, 0.2) is 0 Å². The number of carbonyl (C=O) groups excluding carboxylic acids is 1. The largest absolute Gasteiger partial charge is 0.368 e. The van der Waals surface area contributed by atoms with Gasteiger partial charge >= 0.3 is 0 Å². The second kappa shape index (κ2) is 7.96. The van der Waals surface area contributed by atoms with E-state index in [1.165, 1.54) is 6.42 Å². The van der Waals surface area contributed by atoms with Crippen LogP contribution in [0.15, 0.2) is 0 Å².